The molecule has 0 fully saturated rings. The molecule has 0 aliphatic rings. The van der Waals surface area contributed by atoms with Crippen LogP contribution in [0.25, 0.3) is 0 Å². The predicted octanol–water partition coefficient (Wildman–Crippen LogP) is 4.15. The minimum Gasteiger partial charge on any atom is -0.497 e. The van der Waals surface area contributed by atoms with Crippen molar-refractivity contribution in [3.05, 3.63) is 89.0 Å². The van der Waals surface area contributed by atoms with Crippen molar-refractivity contribution >= 4 is 21.6 Å². The average molecular weight is 453 g/mol. The van der Waals surface area contributed by atoms with E-state index in [1.807, 2.05) is 49.4 Å². The Morgan fingerprint density at radius 3 is 2.09 bits per heavy atom. The van der Waals surface area contributed by atoms with Crippen LogP contribution in [0, 0.1) is 20.8 Å². The Labute approximate surface area is 189 Å². The van der Waals surface area contributed by atoms with E-state index in [-0.39, 0.29) is 11.3 Å². The van der Waals surface area contributed by atoms with E-state index in [2.05, 4.69) is 10.0 Å². The van der Waals surface area contributed by atoms with Gasteiger partial charge in [0.1, 0.15) is 11.8 Å². The standard InChI is InChI=1S/C25H28N2O4S/c1-17-14-18(2)24(19(3)15-17)32(29,30)27-23(16-20-8-6-5-7-9-20)25(28)26-21-10-12-22(31-4)13-11-21/h5-15,23,27H,16H2,1-4H3,(H,26,28)/t23-/m0/s1. The molecule has 0 heterocycles. The van der Waals surface area contributed by atoms with E-state index in [0.29, 0.717) is 22.6 Å². The third-order valence-electron chi connectivity index (χ3n) is 5.13. The molecule has 3 rings (SSSR count). The number of ether oxygens (including phenoxy) is 1. The zero-order valence-corrected chi connectivity index (χ0v) is 19.5. The molecule has 1 atom stereocenters. The highest BCUT2D eigenvalue weighted by atomic mass is 32.2. The van der Waals surface area contributed by atoms with E-state index in [4.69, 9.17) is 4.74 Å². The fraction of sp³-hybridized carbons (Fsp3) is 0.240. The highest BCUT2D eigenvalue weighted by molar-refractivity contribution is 7.89. The van der Waals surface area contributed by atoms with Crippen molar-refractivity contribution in [2.45, 2.75) is 38.1 Å². The average Bonchev–Trinajstić information content (AvgIpc) is 2.73. The molecular weight excluding hydrogens is 424 g/mol. The zero-order chi connectivity index (χ0) is 23.3. The molecule has 6 nitrogen and oxygen atoms in total. The number of nitrogens with one attached hydrogen (secondary N) is 2. The molecule has 0 bridgehead atoms. The minimum atomic E-state index is -3.94. The monoisotopic (exact) mass is 452 g/mol. The van der Waals surface area contributed by atoms with Gasteiger partial charge < -0.3 is 10.1 Å². The van der Waals surface area contributed by atoms with Gasteiger partial charge in [-0.2, -0.15) is 4.72 Å². The number of sulfonamides is 1. The molecule has 168 valence electrons. The van der Waals surface area contributed by atoms with Crippen LogP contribution in [0.3, 0.4) is 0 Å². The maximum atomic E-state index is 13.3. The van der Waals surface area contributed by atoms with Gasteiger partial charge >= 0.3 is 0 Å². The molecular formula is C25H28N2O4S. The van der Waals surface area contributed by atoms with Gasteiger partial charge in [0, 0.05) is 5.69 Å². The summed E-state index contributed by atoms with van der Waals surface area (Å²) in [5.74, 6) is 0.222. The molecule has 2 N–H and O–H groups in total. The quantitative estimate of drug-likeness (QED) is 0.538. The number of aryl methyl sites for hydroxylation is 3. The Balaban J connectivity index is 1.90. The second-order valence-corrected chi connectivity index (χ2v) is 9.46. The van der Waals surface area contributed by atoms with Crippen LogP contribution < -0.4 is 14.8 Å². The van der Waals surface area contributed by atoms with Crippen molar-refractivity contribution in [1.29, 1.82) is 0 Å². The lowest BCUT2D eigenvalue weighted by atomic mass is 10.1. The molecule has 0 aliphatic heterocycles. The molecule has 0 aliphatic carbocycles. The predicted molar refractivity (Wildman–Crippen MR) is 127 cm³/mol. The van der Waals surface area contributed by atoms with Crippen molar-refractivity contribution in [3.8, 4) is 5.75 Å². The molecule has 1 amide bonds. The second kappa shape index (κ2) is 9.97. The summed E-state index contributed by atoms with van der Waals surface area (Å²) in [6.45, 7) is 5.45. The van der Waals surface area contributed by atoms with E-state index >= 15 is 0 Å². The molecule has 3 aromatic rings. The highest BCUT2D eigenvalue weighted by Gasteiger charge is 2.28. The molecule has 0 aromatic heterocycles. The molecule has 7 heteroatoms. The van der Waals surface area contributed by atoms with E-state index in [1.165, 1.54) is 0 Å². The van der Waals surface area contributed by atoms with Crippen molar-refractivity contribution in [3.63, 3.8) is 0 Å². The second-order valence-electron chi connectivity index (χ2n) is 7.81. The lowest BCUT2D eigenvalue weighted by molar-refractivity contribution is -0.117. The number of methoxy groups -OCH3 is 1. The van der Waals surface area contributed by atoms with Crippen LogP contribution in [0.1, 0.15) is 22.3 Å². The van der Waals surface area contributed by atoms with Crippen molar-refractivity contribution in [1.82, 2.24) is 4.72 Å². The van der Waals surface area contributed by atoms with Gasteiger partial charge in [-0.15, -0.1) is 0 Å². The van der Waals surface area contributed by atoms with Crippen LogP contribution in [-0.2, 0) is 21.2 Å². The van der Waals surface area contributed by atoms with Crippen LogP contribution in [0.5, 0.6) is 5.75 Å². The van der Waals surface area contributed by atoms with E-state index in [9.17, 15) is 13.2 Å². The normalized spacial score (nSPS) is 12.2. The summed E-state index contributed by atoms with van der Waals surface area (Å²) in [6.07, 6.45) is 0.214. The number of anilines is 1. The smallest absolute Gasteiger partial charge is 0.242 e. The Morgan fingerprint density at radius 2 is 1.53 bits per heavy atom. The SMILES string of the molecule is COc1ccc(NC(=O)[C@H](Cc2ccccc2)NS(=O)(=O)c2c(C)cc(C)cc2C)cc1. The number of carbonyl (C=O) groups is 1. The van der Waals surface area contributed by atoms with Crippen LogP contribution in [0.4, 0.5) is 5.69 Å². The summed E-state index contributed by atoms with van der Waals surface area (Å²) in [4.78, 5) is 13.3. The summed E-state index contributed by atoms with van der Waals surface area (Å²) in [5.41, 5.74) is 3.67. The Hall–Kier alpha value is -3.16. The van der Waals surface area contributed by atoms with Gasteiger partial charge in [0.05, 0.1) is 12.0 Å². The zero-order valence-electron chi connectivity index (χ0n) is 18.7. The van der Waals surface area contributed by atoms with Gasteiger partial charge in [0.2, 0.25) is 15.9 Å². The first-order chi connectivity index (χ1) is 15.2. The van der Waals surface area contributed by atoms with Crippen LogP contribution >= 0.6 is 0 Å². The van der Waals surface area contributed by atoms with Crippen LogP contribution in [-0.4, -0.2) is 27.5 Å². The lowest BCUT2D eigenvalue weighted by Gasteiger charge is -2.21. The van der Waals surface area contributed by atoms with Crippen LogP contribution in [0.15, 0.2) is 71.6 Å². The molecule has 0 spiro atoms. The molecule has 0 unspecified atom stereocenters. The largest absolute Gasteiger partial charge is 0.497 e. The third kappa shape index (κ3) is 5.75. The van der Waals surface area contributed by atoms with Crippen molar-refractivity contribution in [2.75, 3.05) is 12.4 Å². The Kier molecular flexibility index (Phi) is 7.33. The molecule has 0 saturated carbocycles. The lowest BCUT2D eigenvalue weighted by Crippen LogP contribution is -2.45. The first-order valence-electron chi connectivity index (χ1n) is 10.3. The number of hydrogen-bond acceptors (Lipinski definition) is 4. The fourth-order valence-electron chi connectivity index (χ4n) is 3.78. The molecule has 0 radical (unpaired) electrons. The summed E-state index contributed by atoms with van der Waals surface area (Å²) in [6, 6.07) is 18.8. The van der Waals surface area contributed by atoms with Gasteiger partial charge in [0.25, 0.3) is 0 Å². The molecule has 32 heavy (non-hydrogen) atoms. The van der Waals surface area contributed by atoms with Crippen molar-refractivity contribution in [2.24, 2.45) is 0 Å². The summed E-state index contributed by atoms with van der Waals surface area (Å²) >= 11 is 0. The van der Waals surface area contributed by atoms with Gasteiger partial charge in [-0.3, -0.25) is 4.79 Å². The topological polar surface area (TPSA) is 84.5 Å². The van der Waals surface area contributed by atoms with E-state index < -0.39 is 22.0 Å². The number of carbonyl (C=O) groups excluding carboxylic acids is 1. The van der Waals surface area contributed by atoms with Crippen molar-refractivity contribution < 1.29 is 17.9 Å². The number of rotatable bonds is 8. The maximum Gasteiger partial charge on any atom is 0.242 e. The number of amides is 1. The van der Waals surface area contributed by atoms with E-state index in [0.717, 1.165) is 11.1 Å². The van der Waals surface area contributed by atoms with Crippen LogP contribution in [0.2, 0.25) is 0 Å². The first kappa shape index (κ1) is 23.5. The Morgan fingerprint density at radius 1 is 0.938 bits per heavy atom. The van der Waals surface area contributed by atoms with Gasteiger partial charge in [0.15, 0.2) is 0 Å². The minimum absolute atomic E-state index is 0.207. The molecule has 3 aromatic carbocycles. The maximum absolute atomic E-state index is 13.3. The van der Waals surface area contributed by atoms with Gasteiger partial charge in [-0.1, -0.05) is 48.0 Å². The number of hydrogen-bond donors (Lipinski definition) is 2. The van der Waals surface area contributed by atoms with E-state index in [1.54, 1.807) is 45.2 Å². The molecule has 0 saturated heterocycles. The highest BCUT2D eigenvalue weighted by Crippen LogP contribution is 2.23. The van der Waals surface area contributed by atoms with Gasteiger partial charge in [-0.05, 0) is 68.1 Å². The summed E-state index contributed by atoms with van der Waals surface area (Å²) < 4.78 is 34.4. The fourth-order valence-corrected chi connectivity index (χ4v) is 5.43. The third-order valence-corrected chi connectivity index (χ3v) is 6.90. The van der Waals surface area contributed by atoms with Gasteiger partial charge in [-0.25, -0.2) is 8.42 Å². The first-order valence-corrected chi connectivity index (χ1v) is 11.8. The Bertz CT molecular complexity index is 1170. The number of benzene rings is 3. The summed E-state index contributed by atoms with van der Waals surface area (Å²) in [7, 11) is -2.37. The summed E-state index contributed by atoms with van der Waals surface area (Å²) in [5, 5.41) is 2.80.